The van der Waals surface area contributed by atoms with E-state index in [1.807, 2.05) is 12.2 Å². The molecule has 1 aliphatic heterocycles. The lowest BCUT2D eigenvalue weighted by atomic mass is 10.1. The lowest BCUT2D eigenvalue weighted by molar-refractivity contribution is 0.121. The fourth-order valence-corrected chi connectivity index (χ4v) is 3.28. The van der Waals surface area contributed by atoms with Crippen molar-refractivity contribution in [1.29, 1.82) is 0 Å². The number of allylic oxidation sites excluding steroid dienone is 5. The van der Waals surface area contributed by atoms with Gasteiger partial charge in [0.2, 0.25) is 0 Å². The molecule has 0 saturated heterocycles. The Bertz CT molecular complexity index is 566. The summed E-state index contributed by atoms with van der Waals surface area (Å²) in [7, 11) is 0. The Kier molecular flexibility index (Phi) is 3.21. The standard InChI is InChI=1S/C14H12O4S/c15-14(16)18-10-5-6-12-9(7-10)8-17-11-3-1-2-4-13(11)19-12/h1,3,5-8,12H,2,4H2,(H,15,16). The van der Waals surface area contributed by atoms with E-state index in [9.17, 15) is 4.79 Å². The number of carbonyl (C=O) groups is 1. The predicted molar refractivity (Wildman–Crippen MR) is 72.3 cm³/mol. The van der Waals surface area contributed by atoms with Crippen molar-refractivity contribution < 1.29 is 19.4 Å². The molecule has 1 N–H and O–H groups in total. The molecule has 0 bridgehead atoms. The highest BCUT2D eigenvalue weighted by atomic mass is 32.2. The Balaban J connectivity index is 1.84. The summed E-state index contributed by atoms with van der Waals surface area (Å²) < 4.78 is 10.3. The van der Waals surface area contributed by atoms with E-state index in [1.165, 1.54) is 4.91 Å². The number of hydrogen-bond donors (Lipinski definition) is 1. The number of fused-ring (bicyclic) bond motifs is 1. The molecule has 2 aliphatic carbocycles. The molecular formula is C14H12O4S. The Labute approximate surface area is 114 Å². The molecule has 0 aromatic rings. The topological polar surface area (TPSA) is 55.8 Å². The van der Waals surface area contributed by atoms with Gasteiger partial charge in [-0.1, -0.05) is 12.2 Å². The van der Waals surface area contributed by atoms with Crippen LogP contribution in [0.15, 0.2) is 58.6 Å². The van der Waals surface area contributed by atoms with E-state index in [0.717, 1.165) is 24.2 Å². The normalized spacial score (nSPS) is 24.5. The summed E-state index contributed by atoms with van der Waals surface area (Å²) in [4.78, 5) is 11.8. The Morgan fingerprint density at radius 1 is 1.47 bits per heavy atom. The zero-order chi connectivity index (χ0) is 13.2. The van der Waals surface area contributed by atoms with Gasteiger partial charge in [-0.2, -0.15) is 0 Å². The third-order valence-electron chi connectivity index (χ3n) is 2.95. The molecule has 1 heterocycles. The minimum absolute atomic E-state index is 0.153. The predicted octanol–water partition coefficient (Wildman–Crippen LogP) is 3.71. The molecule has 1 atom stereocenters. The maximum atomic E-state index is 10.5. The van der Waals surface area contributed by atoms with E-state index in [-0.39, 0.29) is 5.25 Å². The molecular weight excluding hydrogens is 264 g/mol. The SMILES string of the molecule is O=C(O)OC1=CC2=COC3=C(CCC=C3)SC2C=C1. The zero-order valence-corrected chi connectivity index (χ0v) is 10.9. The molecule has 19 heavy (non-hydrogen) atoms. The van der Waals surface area contributed by atoms with Crippen molar-refractivity contribution in [3.05, 3.63) is 58.6 Å². The molecule has 0 aromatic heterocycles. The van der Waals surface area contributed by atoms with Crippen LogP contribution >= 0.6 is 11.8 Å². The molecule has 3 aliphatic rings. The van der Waals surface area contributed by atoms with Gasteiger partial charge >= 0.3 is 6.16 Å². The first-order chi connectivity index (χ1) is 9.22. The van der Waals surface area contributed by atoms with Crippen LogP contribution in [0, 0.1) is 0 Å². The van der Waals surface area contributed by atoms with Crippen molar-refractivity contribution in [2.75, 3.05) is 0 Å². The van der Waals surface area contributed by atoms with E-state index in [4.69, 9.17) is 9.84 Å². The second-order valence-electron chi connectivity index (χ2n) is 4.28. The van der Waals surface area contributed by atoms with Crippen LogP contribution in [-0.4, -0.2) is 16.5 Å². The van der Waals surface area contributed by atoms with Gasteiger partial charge in [0, 0.05) is 10.5 Å². The number of rotatable bonds is 1. The van der Waals surface area contributed by atoms with Crippen LogP contribution in [0.1, 0.15) is 12.8 Å². The van der Waals surface area contributed by atoms with Crippen LogP contribution in [0.4, 0.5) is 4.79 Å². The van der Waals surface area contributed by atoms with Gasteiger partial charge in [0.25, 0.3) is 0 Å². The first-order valence-electron chi connectivity index (χ1n) is 5.96. The van der Waals surface area contributed by atoms with E-state index in [1.54, 1.807) is 30.2 Å². The zero-order valence-electron chi connectivity index (χ0n) is 10.0. The van der Waals surface area contributed by atoms with Crippen molar-refractivity contribution >= 4 is 17.9 Å². The van der Waals surface area contributed by atoms with Crippen LogP contribution < -0.4 is 0 Å². The first kappa shape index (κ1) is 12.2. The molecule has 5 heteroatoms. The van der Waals surface area contributed by atoms with Gasteiger partial charge in [-0.05, 0) is 31.1 Å². The van der Waals surface area contributed by atoms with E-state index < -0.39 is 6.16 Å². The van der Waals surface area contributed by atoms with Crippen molar-refractivity contribution in [3.63, 3.8) is 0 Å². The lowest BCUT2D eigenvalue weighted by Gasteiger charge is -2.18. The van der Waals surface area contributed by atoms with Crippen molar-refractivity contribution in [2.24, 2.45) is 0 Å². The third-order valence-corrected chi connectivity index (χ3v) is 4.32. The number of thioether (sulfide) groups is 1. The van der Waals surface area contributed by atoms with E-state index >= 15 is 0 Å². The molecule has 3 rings (SSSR count). The van der Waals surface area contributed by atoms with Gasteiger partial charge < -0.3 is 14.6 Å². The Morgan fingerprint density at radius 2 is 2.37 bits per heavy atom. The van der Waals surface area contributed by atoms with Crippen molar-refractivity contribution in [1.82, 2.24) is 0 Å². The smallest absolute Gasteiger partial charge is 0.464 e. The molecule has 0 spiro atoms. The molecule has 4 nitrogen and oxygen atoms in total. The molecule has 98 valence electrons. The molecule has 0 amide bonds. The highest BCUT2D eigenvalue weighted by Gasteiger charge is 2.24. The van der Waals surface area contributed by atoms with Crippen molar-refractivity contribution in [2.45, 2.75) is 18.1 Å². The number of hydrogen-bond acceptors (Lipinski definition) is 4. The summed E-state index contributed by atoms with van der Waals surface area (Å²) in [6, 6.07) is 0. The second-order valence-corrected chi connectivity index (χ2v) is 5.51. The fraction of sp³-hybridized carbons (Fsp3) is 0.214. The summed E-state index contributed by atoms with van der Waals surface area (Å²) in [5.41, 5.74) is 0.909. The number of carboxylic acid groups (broad SMARTS) is 1. The highest BCUT2D eigenvalue weighted by molar-refractivity contribution is 8.04. The average Bonchev–Trinajstić information content (AvgIpc) is 2.57. The lowest BCUT2D eigenvalue weighted by Crippen LogP contribution is -2.09. The quantitative estimate of drug-likeness (QED) is 0.740. The van der Waals surface area contributed by atoms with Gasteiger partial charge in [-0.25, -0.2) is 4.79 Å². The summed E-state index contributed by atoms with van der Waals surface area (Å²) in [6.45, 7) is 0. The average molecular weight is 276 g/mol. The molecule has 0 fully saturated rings. The van der Waals surface area contributed by atoms with Crippen LogP contribution in [0.2, 0.25) is 0 Å². The maximum Gasteiger partial charge on any atom is 0.511 e. The van der Waals surface area contributed by atoms with Crippen LogP contribution in [-0.2, 0) is 9.47 Å². The molecule has 0 radical (unpaired) electrons. The minimum atomic E-state index is -1.31. The van der Waals surface area contributed by atoms with Gasteiger partial charge in [0.05, 0.1) is 11.5 Å². The second kappa shape index (κ2) is 5.01. The maximum absolute atomic E-state index is 10.5. The minimum Gasteiger partial charge on any atom is -0.464 e. The van der Waals surface area contributed by atoms with Gasteiger partial charge in [0.1, 0.15) is 11.5 Å². The van der Waals surface area contributed by atoms with Crippen LogP contribution in [0.5, 0.6) is 0 Å². The largest absolute Gasteiger partial charge is 0.511 e. The Morgan fingerprint density at radius 3 is 3.21 bits per heavy atom. The first-order valence-corrected chi connectivity index (χ1v) is 6.84. The fourth-order valence-electron chi connectivity index (χ4n) is 2.09. The number of ether oxygens (including phenoxy) is 2. The van der Waals surface area contributed by atoms with Gasteiger partial charge in [-0.15, -0.1) is 11.8 Å². The summed E-state index contributed by atoms with van der Waals surface area (Å²) in [6.07, 6.45) is 11.8. The van der Waals surface area contributed by atoms with E-state index in [0.29, 0.717) is 5.76 Å². The Hall–Kier alpha value is -1.88. The molecule has 0 saturated carbocycles. The van der Waals surface area contributed by atoms with Crippen molar-refractivity contribution in [3.8, 4) is 0 Å². The van der Waals surface area contributed by atoms with Gasteiger partial charge in [-0.3, -0.25) is 0 Å². The molecule has 1 unspecified atom stereocenters. The summed E-state index contributed by atoms with van der Waals surface area (Å²) >= 11 is 1.74. The summed E-state index contributed by atoms with van der Waals surface area (Å²) in [5, 5.41) is 8.77. The van der Waals surface area contributed by atoms with Gasteiger partial charge in [0.15, 0.2) is 0 Å². The third kappa shape index (κ3) is 2.61. The van der Waals surface area contributed by atoms with Crippen LogP contribution in [0.3, 0.4) is 0 Å². The van der Waals surface area contributed by atoms with Crippen LogP contribution in [0.25, 0.3) is 0 Å². The summed E-state index contributed by atoms with van der Waals surface area (Å²) in [5.74, 6) is 1.20. The monoisotopic (exact) mass is 276 g/mol. The van der Waals surface area contributed by atoms with E-state index in [2.05, 4.69) is 10.8 Å². The molecule has 0 aromatic carbocycles. The highest BCUT2D eigenvalue weighted by Crippen LogP contribution is 2.40.